The molecule has 3 aromatic heterocycles. The summed E-state index contributed by atoms with van der Waals surface area (Å²) in [4.78, 5) is 22.8. The summed E-state index contributed by atoms with van der Waals surface area (Å²) in [5.74, 6) is 1.12. The first-order chi connectivity index (χ1) is 17.0. The number of ether oxygens (including phenoxy) is 2. The summed E-state index contributed by atoms with van der Waals surface area (Å²) in [6.07, 6.45) is 2.50. The van der Waals surface area contributed by atoms with Crippen LogP contribution in [-0.2, 0) is 15.7 Å². The first-order valence-electron chi connectivity index (χ1n) is 12.0. The van der Waals surface area contributed by atoms with Crippen LogP contribution in [0.25, 0.3) is 10.9 Å². The maximum absolute atomic E-state index is 12.4. The molecule has 0 bridgehead atoms. The van der Waals surface area contributed by atoms with E-state index in [1.807, 2.05) is 18.2 Å². The highest BCUT2D eigenvalue weighted by Gasteiger charge is 2.38. The molecule has 1 atom stereocenters. The minimum atomic E-state index is -1.87. The van der Waals surface area contributed by atoms with E-state index in [9.17, 15) is 4.79 Å². The van der Waals surface area contributed by atoms with E-state index in [-0.39, 0.29) is 17.7 Å². The van der Waals surface area contributed by atoms with Crippen LogP contribution in [0.5, 0.6) is 5.88 Å². The zero-order chi connectivity index (χ0) is 25.9. The number of nitrogens with one attached hydrogen (secondary N) is 1. The Hall–Kier alpha value is -2.82. The SMILES string of the molecule is CC(C)(C)[Si](C)(C)OCCN1CC(COc2nccc3c(NCc4ccco4)cc(Cl)nc23)OC1=O. The topological polar surface area (TPSA) is 99.0 Å². The van der Waals surface area contributed by atoms with Gasteiger partial charge in [0.05, 0.1) is 26.0 Å². The van der Waals surface area contributed by atoms with Gasteiger partial charge in [-0.05, 0) is 42.4 Å². The molecule has 1 fully saturated rings. The van der Waals surface area contributed by atoms with Crippen LogP contribution in [0.15, 0.2) is 41.1 Å². The number of amides is 1. The van der Waals surface area contributed by atoms with Gasteiger partial charge < -0.3 is 28.5 Å². The lowest BCUT2D eigenvalue weighted by Gasteiger charge is -2.36. The maximum atomic E-state index is 12.4. The Labute approximate surface area is 217 Å². The molecule has 194 valence electrons. The van der Waals surface area contributed by atoms with E-state index >= 15 is 0 Å². The van der Waals surface area contributed by atoms with Crippen molar-refractivity contribution in [2.75, 3.05) is 31.6 Å². The lowest BCUT2D eigenvalue weighted by atomic mass is 10.2. The molecule has 1 aliphatic heterocycles. The summed E-state index contributed by atoms with van der Waals surface area (Å²) in [7, 11) is -1.87. The summed E-state index contributed by atoms with van der Waals surface area (Å²) in [5, 5.41) is 4.55. The van der Waals surface area contributed by atoms with Crippen molar-refractivity contribution >= 4 is 42.6 Å². The quantitative estimate of drug-likeness (QED) is 0.262. The predicted octanol–water partition coefficient (Wildman–Crippen LogP) is 5.71. The van der Waals surface area contributed by atoms with Gasteiger partial charge in [0.15, 0.2) is 14.4 Å². The highest BCUT2D eigenvalue weighted by molar-refractivity contribution is 6.74. The Balaban J connectivity index is 1.36. The molecule has 0 spiro atoms. The summed E-state index contributed by atoms with van der Waals surface area (Å²) in [6, 6.07) is 7.32. The Kier molecular flexibility index (Phi) is 7.77. The number of hydrogen-bond acceptors (Lipinski definition) is 8. The van der Waals surface area contributed by atoms with Crippen molar-refractivity contribution in [3.8, 4) is 5.88 Å². The number of halogens is 1. The molecular formula is C25H33ClN4O5Si. The van der Waals surface area contributed by atoms with E-state index in [2.05, 4.69) is 49.1 Å². The molecule has 36 heavy (non-hydrogen) atoms. The molecular weight excluding hydrogens is 500 g/mol. The molecule has 1 N–H and O–H groups in total. The molecule has 3 aromatic rings. The monoisotopic (exact) mass is 532 g/mol. The van der Waals surface area contributed by atoms with Crippen LogP contribution in [0.2, 0.25) is 23.3 Å². The second-order valence-electron chi connectivity index (χ2n) is 10.3. The molecule has 4 heterocycles. The Morgan fingerprint density at radius 3 is 2.83 bits per heavy atom. The van der Waals surface area contributed by atoms with Crippen LogP contribution in [0.1, 0.15) is 26.5 Å². The zero-order valence-corrected chi connectivity index (χ0v) is 23.1. The number of nitrogens with zero attached hydrogens (tertiary/aromatic N) is 3. The number of hydrogen-bond donors (Lipinski definition) is 1. The van der Waals surface area contributed by atoms with Crippen LogP contribution in [-0.4, -0.2) is 61.7 Å². The van der Waals surface area contributed by atoms with Crippen LogP contribution in [0.4, 0.5) is 10.5 Å². The summed E-state index contributed by atoms with van der Waals surface area (Å²) >= 11 is 6.29. The molecule has 11 heteroatoms. The summed E-state index contributed by atoms with van der Waals surface area (Å²) in [5.41, 5.74) is 1.31. The number of anilines is 1. The molecule has 1 aliphatic rings. The number of rotatable bonds is 10. The fraction of sp³-hybridized carbons (Fsp3) is 0.480. The fourth-order valence-corrected chi connectivity index (χ4v) is 4.82. The fourth-order valence-electron chi connectivity index (χ4n) is 3.59. The minimum Gasteiger partial charge on any atom is -0.472 e. The molecule has 1 amide bonds. The number of cyclic esters (lactones) is 1. The van der Waals surface area contributed by atoms with E-state index in [1.54, 1.807) is 23.4 Å². The van der Waals surface area contributed by atoms with Gasteiger partial charge in [-0.1, -0.05) is 32.4 Å². The highest BCUT2D eigenvalue weighted by Crippen LogP contribution is 2.36. The average Bonchev–Trinajstić information content (AvgIpc) is 3.45. The number of carbonyl (C=O) groups excluding carboxylic acids is 1. The zero-order valence-electron chi connectivity index (χ0n) is 21.3. The molecule has 0 saturated carbocycles. The molecule has 1 saturated heterocycles. The lowest BCUT2D eigenvalue weighted by molar-refractivity contribution is 0.101. The van der Waals surface area contributed by atoms with E-state index in [4.69, 9.17) is 29.9 Å². The predicted molar refractivity (Wildman–Crippen MR) is 141 cm³/mol. The van der Waals surface area contributed by atoms with Gasteiger partial charge in [-0.2, -0.15) is 0 Å². The second kappa shape index (κ2) is 10.7. The van der Waals surface area contributed by atoms with Crippen molar-refractivity contribution in [3.05, 3.63) is 47.6 Å². The highest BCUT2D eigenvalue weighted by atomic mass is 35.5. The third-order valence-corrected chi connectivity index (χ3v) is 11.4. The van der Waals surface area contributed by atoms with Crippen molar-refractivity contribution in [2.45, 2.75) is 51.6 Å². The Bertz CT molecular complexity index is 1200. The van der Waals surface area contributed by atoms with Gasteiger partial charge in [0.2, 0.25) is 5.88 Å². The third kappa shape index (κ3) is 6.11. The number of carbonyl (C=O) groups is 1. The molecule has 1 unspecified atom stereocenters. The van der Waals surface area contributed by atoms with E-state index in [0.717, 1.165) is 16.8 Å². The van der Waals surface area contributed by atoms with Crippen molar-refractivity contribution in [2.24, 2.45) is 0 Å². The van der Waals surface area contributed by atoms with Gasteiger partial charge in [0.25, 0.3) is 0 Å². The van der Waals surface area contributed by atoms with Crippen LogP contribution in [0, 0.1) is 0 Å². The van der Waals surface area contributed by atoms with E-state index in [1.165, 1.54) is 0 Å². The number of furan rings is 1. The van der Waals surface area contributed by atoms with Crippen molar-refractivity contribution < 1.29 is 23.1 Å². The van der Waals surface area contributed by atoms with Crippen molar-refractivity contribution in [3.63, 3.8) is 0 Å². The smallest absolute Gasteiger partial charge is 0.410 e. The van der Waals surface area contributed by atoms with Crippen molar-refractivity contribution in [1.82, 2.24) is 14.9 Å². The van der Waals surface area contributed by atoms with Gasteiger partial charge in [0, 0.05) is 23.8 Å². The molecule has 0 aliphatic carbocycles. The average molecular weight is 533 g/mol. The van der Waals surface area contributed by atoms with E-state index < -0.39 is 14.4 Å². The first kappa shape index (κ1) is 26.2. The van der Waals surface area contributed by atoms with Gasteiger partial charge >= 0.3 is 6.09 Å². The molecule has 0 radical (unpaired) electrons. The van der Waals surface area contributed by atoms with Gasteiger partial charge in [-0.3, -0.25) is 0 Å². The van der Waals surface area contributed by atoms with Crippen LogP contribution in [0.3, 0.4) is 0 Å². The Morgan fingerprint density at radius 2 is 2.11 bits per heavy atom. The maximum Gasteiger partial charge on any atom is 0.410 e. The molecule has 0 aromatic carbocycles. The standard InChI is InChI=1S/C25H33ClN4O5Si/c1-25(2,3)36(4,5)34-12-10-30-15-18(35-24(30)31)16-33-23-22-19(8-9-27-23)20(13-21(26)29-22)28-14-17-7-6-11-32-17/h6-9,11,13,18H,10,12,14-16H2,1-5H3,(H,28,29). The number of aromatic nitrogens is 2. The Morgan fingerprint density at radius 1 is 1.31 bits per heavy atom. The lowest BCUT2D eigenvalue weighted by Crippen LogP contribution is -2.43. The number of fused-ring (bicyclic) bond motifs is 1. The summed E-state index contributed by atoms with van der Waals surface area (Å²) in [6.45, 7) is 13.0. The van der Waals surface area contributed by atoms with E-state index in [0.29, 0.717) is 42.8 Å². The first-order valence-corrected chi connectivity index (χ1v) is 15.3. The normalized spacial score (nSPS) is 16.4. The minimum absolute atomic E-state index is 0.117. The van der Waals surface area contributed by atoms with Gasteiger partial charge in [-0.25, -0.2) is 14.8 Å². The van der Waals surface area contributed by atoms with Crippen LogP contribution < -0.4 is 10.1 Å². The third-order valence-electron chi connectivity index (χ3n) is 6.68. The molecule has 9 nitrogen and oxygen atoms in total. The van der Waals surface area contributed by atoms with Gasteiger partial charge in [0.1, 0.15) is 23.0 Å². The summed E-state index contributed by atoms with van der Waals surface area (Å²) < 4.78 is 23.1. The van der Waals surface area contributed by atoms with Crippen LogP contribution >= 0.6 is 11.6 Å². The second-order valence-corrected chi connectivity index (χ2v) is 15.5. The number of pyridine rings is 2. The van der Waals surface area contributed by atoms with Gasteiger partial charge in [-0.15, -0.1) is 0 Å². The molecule has 4 rings (SSSR count). The largest absolute Gasteiger partial charge is 0.472 e. The van der Waals surface area contributed by atoms with Crippen molar-refractivity contribution in [1.29, 1.82) is 0 Å².